The van der Waals surface area contributed by atoms with Gasteiger partial charge in [-0.2, -0.15) is 0 Å². The molecule has 4 nitrogen and oxygen atoms in total. The van der Waals surface area contributed by atoms with Gasteiger partial charge >= 0.3 is 5.69 Å². The summed E-state index contributed by atoms with van der Waals surface area (Å²) in [5.74, 6) is 0. The monoisotopic (exact) mass is 193 g/mol. The molecule has 0 aromatic carbocycles. The van der Waals surface area contributed by atoms with Crippen molar-refractivity contribution in [1.29, 1.82) is 0 Å². The van der Waals surface area contributed by atoms with Crippen LogP contribution in [0.4, 0.5) is 0 Å². The molecule has 0 unspecified atom stereocenters. The van der Waals surface area contributed by atoms with Crippen molar-refractivity contribution in [2.45, 2.75) is 27.3 Å². The quantitative estimate of drug-likeness (QED) is 0.689. The Hall–Kier alpha value is -1.58. The van der Waals surface area contributed by atoms with Crippen LogP contribution in [0.3, 0.4) is 0 Å². The van der Waals surface area contributed by atoms with E-state index < -0.39 is 0 Å². The van der Waals surface area contributed by atoms with E-state index in [0.717, 1.165) is 0 Å². The van der Waals surface area contributed by atoms with Crippen LogP contribution in [0.25, 0.3) is 5.65 Å². The Morgan fingerprint density at radius 1 is 1.36 bits per heavy atom. The molecular formula is C10H15N3O. The first-order chi connectivity index (χ1) is 6.83. The summed E-state index contributed by atoms with van der Waals surface area (Å²) in [7, 11) is 0. The highest BCUT2D eigenvalue weighted by Gasteiger charge is 2.01. The molecule has 4 heteroatoms. The largest absolute Gasteiger partial charge is 0.350 e. The van der Waals surface area contributed by atoms with Gasteiger partial charge in [0.05, 0.1) is 0 Å². The van der Waals surface area contributed by atoms with Gasteiger partial charge in [-0.1, -0.05) is 19.9 Å². The third-order valence-electron chi connectivity index (χ3n) is 1.79. The number of aryl methyl sites for hydroxylation is 1. The highest BCUT2D eigenvalue weighted by atomic mass is 16.2. The van der Waals surface area contributed by atoms with Crippen LogP contribution in [0.1, 0.15) is 20.8 Å². The Morgan fingerprint density at radius 2 is 2.07 bits per heavy atom. The van der Waals surface area contributed by atoms with Crippen LogP contribution in [0.5, 0.6) is 0 Å². The first-order valence-electron chi connectivity index (χ1n) is 4.87. The predicted molar refractivity (Wildman–Crippen MR) is 56.5 cm³/mol. The van der Waals surface area contributed by atoms with E-state index >= 15 is 0 Å². The Bertz CT molecular complexity index is 456. The first-order valence-corrected chi connectivity index (χ1v) is 4.87. The van der Waals surface area contributed by atoms with E-state index in [1.165, 1.54) is 9.08 Å². The maximum atomic E-state index is 11.4. The van der Waals surface area contributed by atoms with Crippen LogP contribution in [-0.4, -0.2) is 14.2 Å². The van der Waals surface area contributed by atoms with E-state index in [0.29, 0.717) is 12.2 Å². The topological polar surface area (TPSA) is 39.3 Å². The number of hydrogen-bond donors (Lipinski definition) is 0. The molecule has 2 aromatic heterocycles. The lowest BCUT2D eigenvalue weighted by Crippen LogP contribution is -2.19. The molecule has 0 spiro atoms. The number of hydrogen-bond acceptors (Lipinski definition) is 2. The van der Waals surface area contributed by atoms with Crippen molar-refractivity contribution >= 4 is 5.65 Å². The Labute approximate surface area is 82.8 Å². The fourth-order valence-corrected chi connectivity index (χ4v) is 1.17. The van der Waals surface area contributed by atoms with Gasteiger partial charge in [0.25, 0.3) is 0 Å². The summed E-state index contributed by atoms with van der Waals surface area (Å²) in [6.45, 7) is 6.51. The van der Waals surface area contributed by atoms with Crippen molar-refractivity contribution in [2.24, 2.45) is 0 Å². The van der Waals surface area contributed by atoms with E-state index in [1.807, 2.05) is 39.0 Å². The van der Waals surface area contributed by atoms with Crippen molar-refractivity contribution < 1.29 is 0 Å². The minimum Gasteiger partial charge on any atom is -0.250 e. The zero-order valence-corrected chi connectivity index (χ0v) is 8.77. The Balaban J connectivity index is 0.000000461. The first kappa shape index (κ1) is 10.5. The molecule has 2 heterocycles. The van der Waals surface area contributed by atoms with Gasteiger partial charge in [-0.05, 0) is 19.1 Å². The second kappa shape index (κ2) is 4.60. The minimum absolute atomic E-state index is 0.0758. The molecule has 76 valence electrons. The third kappa shape index (κ3) is 1.69. The highest BCUT2D eigenvalue weighted by molar-refractivity contribution is 5.35. The summed E-state index contributed by atoms with van der Waals surface area (Å²) in [5, 5.41) is 4.10. The molecule has 0 saturated heterocycles. The Morgan fingerprint density at radius 3 is 2.64 bits per heavy atom. The van der Waals surface area contributed by atoms with Crippen molar-refractivity contribution in [3.63, 3.8) is 0 Å². The summed E-state index contributed by atoms with van der Waals surface area (Å²) < 4.78 is 2.97. The van der Waals surface area contributed by atoms with Gasteiger partial charge in [0.15, 0.2) is 5.65 Å². The van der Waals surface area contributed by atoms with Gasteiger partial charge in [0, 0.05) is 12.7 Å². The molecule has 0 aliphatic rings. The molecule has 0 aliphatic heterocycles. The van der Waals surface area contributed by atoms with Gasteiger partial charge in [0.1, 0.15) is 0 Å². The molecule has 0 aliphatic carbocycles. The summed E-state index contributed by atoms with van der Waals surface area (Å²) in [4.78, 5) is 11.4. The smallest absolute Gasteiger partial charge is 0.250 e. The third-order valence-corrected chi connectivity index (χ3v) is 1.79. The lowest BCUT2D eigenvalue weighted by atomic mass is 10.5. The summed E-state index contributed by atoms with van der Waals surface area (Å²) >= 11 is 0. The van der Waals surface area contributed by atoms with E-state index in [-0.39, 0.29) is 5.69 Å². The molecule has 0 amide bonds. The van der Waals surface area contributed by atoms with Gasteiger partial charge in [-0.15, -0.1) is 5.10 Å². The summed E-state index contributed by atoms with van der Waals surface area (Å²) in [5.41, 5.74) is 0.623. The molecule has 0 N–H and O–H groups in total. The lowest BCUT2D eigenvalue weighted by molar-refractivity contribution is 0.633. The second-order valence-corrected chi connectivity index (χ2v) is 2.53. The number of pyridine rings is 1. The van der Waals surface area contributed by atoms with E-state index in [4.69, 9.17) is 0 Å². The van der Waals surface area contributed by atoms with Crippen LogP contribution in [0, 0.1) is 0 Å². The van der Waals surface area contributed by atoms with Gasteiger partial charge < -0.3 is 0 Å². The zero-order chi connectivity index (χ0) is 10.6. The van der Waals surface area contributed by atoms with Gasteiger partial charge in [-0.25, -0.2) is 9.48 Å². The maximum absolute atomic E-state index is 11.4. The van der Waals surface area contributed by atoms with Crippen LogP contribution in [0.15, 0.2) is 29.2 Å². The molecular weight excluding hydrogens is 178 g/mol. The average molecular weight is 193 g/mol. The van der Waals surface area contributed by atoms with Crippen molar-refractivity contribution in [3.8, 4) is 0 Å². The normalized spacial score (nSPS) is 9.64. The predicted octanol–water partition coefficient (Wildman–Crippen LogP) is 1.54. The van der Waals surface area contributed by atoms with Crippen molar-refractivity contribution in [3.05, 3.63) is 34.9 Å². The lowest BCUT2D eigenvalue weighted by Gasteiger charge is -1.86. The summed E-state index contributed by atoms with van der Waals surface area (Å²) in [6, 6.07) is 5.49. The van der Waals surface area contributed by atoms with E-state index in [2.05, 4.69) is 5.10 Å². The number of aromatic nitrogens is 3. The van der Waals surface area contributed by atoms with Crippen LogP contribution in [-0.2, 0) is 6.54 Å². The zero-order valence-electron chi connectivity index (χ0n) is 8.77. The number of rotatable bonds is 1. The minimum atomic E-state index is -0.0758. The van der Waals surface area contributed by atoms with E-state index in [9.17, 15) is 4.79 Å². The molecule has 2 rings (SSSR count). The molecule has 0 bridgehead atoms. The molecule has 0 saturated carbocycles. The van der Waals surface area contributed by atoms with Gasteiger partial charge in [0.2, 0.25) is 0 Å². The maximum Gasteiger partial charge on any atom is 0.350 e. The number of nitrogens with zero attached hydrogens (tertiary/aromatic N) is 3. The SMILES string of the molecule is CC.CCn1nc2ccccn2c1=O. The van der Waals surface area contributed by atoms with Crippen LogP contribution >= 0.6 is 0 Å². The van der Waals surface area contributed by atoms with Crippen LogP contribution in [0.2, 0.25) is 0 Å². The molecule has 14 heavy (non-hydrogen) atoms. The number of fused-ring (bicyclic) bond motifs is 1. The molecule has 0 radical (unpaired) electrons. The molecule has 0 atom stereocenters. The highest BCUT2D eigenvalue weighted by Crippen LogP contribution is 1.93. The van der Waals surface area contributed by atoms with Gasteiger partial charge in [-0.3, -0.25) is 4.40 Å². The van der Waals surface area contributed by atoms with Crippen molar-refractivity contribution in [2.75, 3.05) is 0 Å². The van der Waals surface area contributed by atoms with Crippen molar-refractivity contribution in [1.82, 2.24) is 14.2 Å². The molecule has 2 aromatic rings. The standard InChI is InChI=1S/C8H9N3O.C2H6/c1-2-11-8(12)10-6-4-3-5-7(10)9-11;1-2/h3-6H,2H2,1H3;1-2H3. The molecule has 0 fully saturated rings. The fraction of sp³-hybridized carbons (Fsp3) is 0.400. The average Bonchev–Trinajstić information content (AvgIpc) is 2.59. The fourth-order valence-electron chi connectivity index (χ4n) is 1.17. The van der Waals surface area contributed by atoms with E-state index in [1.54, 1.807) is 6.20 Å². The second-order valence-electron chi connectivity index (χ2n) is 2.53. The van der Waals surface area contributed by atoms with Crippen LogP contribution < -0.4 is 5.69 Å². The summed E-state index contributed by atoms with van der Waals surface area (Å²) in [6.07, 6.45) is 1.72. The Kier molecular flexibility index (Phi) is 3.45.